The second-order valence-corrected chi connectivity index (χ2v) is 6.33. The number of piperazine rings is 1. The number of fused-ring (bicyclic) bond motifs is 1. The Balaban J connectivity index is 1.96. The molecular weight excluding hydrogens is 348 g/mol. The van der Waals surface area contributed by atoms with Crippen LogP contribution >= 0.6 is 0 Å². The summed E-state index contributed by atoms with van der Waals surface area (Å²) < 4.78 is 11.2. The number of aromatic nitrogens is 1. The first kappa shape index (κ1) is 17.0. The molecule has 0 N–H and O–H groups in total. The van der Waals surface area contributed by atoms with E-state index in [9.17, 15) is 14.9 Å². The predicted molar refractivity (Wildman–Crippen MR) is 93.0 cm³/mol. The van der Waals surface area contributed by atoms with Crippen molar-refractivity contribution in [3.8, 4) is 6.07 Å². The SMILES string of the molecule is CN1CCN(c2ncccc2C#N)[C@@]2(c3ccccc3)OC(=O)C(=O)OC12. The third-order valence-electron chi connectivity index (χ3n) is 4.80. The molecule has 1 aromatic carbocycles. The number of carbonyl (C=O) groups excluding carboxylic acids is 2. The maximum Gasteiger partial charge on any atom is 0.420 e. The molecule has 2 aliphatic rings. The number of nitrogens with zero attached hydrogens (tertiary/aromatic N) is 4. The van der Waals surface area contributed by atoms with Crippen molar-refractivity contribution >= 4 is 17.8 Å². The number of hydrogen-bond donors (Lipinski definition) is 0. The van der Waals surface area contributed by atoms with Crippen molar-refractivity contribution in [2.24, 2.45) is 0 Å². The molecular formula is C19H16N4O4. The molecule has 27 heavy (non-hydrogen) atoms. The predicted octanol–water partition coefficient (Wildman–Crippen LogP) is 0.984. The van der Waals surface area contributed by atoms with Crippen molar-refractivity contribution < 1.29 is 19.1 Å². The highest BCUT2D eigenvalue weighted by Gasteiger charge is 2.60. The van der Waals surface area contributed by atoms with Crippen LogP contribution in [0.3, 0.4) is 0 Å². The van der Waals surface area contributed by atoms with Crippen molar-refractivity contribution in [3.63, 3.8) is 0 Å². The summed E-state index contributed by atoms with van der Waals surface area (Å²) in [4.78, 5) is 32.1. The largest absolute Gasteiger partial charge is 0.431 e. The number of esters is 2. The number of ether oxygens (including phenoxy) is 2. The van der Waals surface area contributed by atoms with Gasteiger partial charge in [0, 0.05) is 24.8 Å². The van der Waals surface area contributed by atoms with E-state index >= 15 is 0 Å². The van der Waals surface area contributed by atoms with Crippen LogP contribution in [-0.2, 0) is 24.8 Å². The first-order valence-corrected chi connectivity index (χ1v) is 8.40. The number of carbonyl (C=O) groups is 2. The number of benzene rings is 1. The Morgan fingerprint density at radius 2 is 1.93 bits per heavy atom. The number of hydrogen-bond acceptors (Lipinski definition) is 8. The molecule has 136 valence electrons. The molecule has 8 heteroatoms. The second kappa shape index (κ2) is 6.37. The Morgan fingerprint density at radius 1 is 1.15 bits per heavy atom. The maximum atomic E-state index is 12.2. The minimum Gasteiger partial charge on any atom is -0.431 e. The zero-order valence-electron chi connectivity index (χ0n) is 14.5. The fourth-order valence-corrected chi connectivity index (χ4v) is 3.58. The van der Waals surface area contributed by atoms with Crippen molar-refractivity contribution in [2.45, 2.75) is 12.0 Å². The first-order chi connectivity index (χ1) is 13.1. The molecule has 0 amide bonds. The summed E-state index contributed by atoms with van der Waals surface area (Å²) in [7, 11) is 1.79. The summed E-state index contributed by atoms with van der Waals surface area (Å²) in [6, 6.07) is 14.5. The zero-order chi connectivity index (χ0) is 19.0. The lowest BCUT2D eigenvalue weighted by molar-refractivity contribution is -0.245. The molecule has 0 aliphatic carbocycles. The summed E-state index contributed by atoms with van der Waals surface area (Å²) in [5, 5.41) is 9.53. The van der Waals surface area contributed by atoms with Gasteiger partial charge in [0.15, 0.2) is 0 Å². The van der Waals surface area contributed by atoms with Crippen LogP contribution in [0.25, 0.3) is 0 Å². The van der Waals surface area contributed by atoms with Gasteiger partial charge in [0.2, 0.25) is 6.23 Å². The minimum absolute atomic E-state index is 0.337. The number of pyridine rings is 1. The molecule has 2 fully saturated rings. The van der Waals surface area contributed by atoms with Gasteiger partial charge in [0.25, 0.3) is 5.72 Å². The van der Waals surface area contributed by atoms with Crippen molar-refractivity contribution in [3.05, 3.63) is 59.8 Å². The highest BCUT2D eigenvalue weighted by atomic mass is 16.7. The summed E-state index contributed by atoms with van der Waals surface area (Å²) in [5.74, 6) is -1.75. The van der Waals surface area contributed by atoms with Gasteiger partial charge in [-0.1, -0.05) is 30.3 Å². The van der Waals surface area contributed by atoms with Gasteiger partial charge < -0.3 is 14.4 Å². The second-order valence-electron chi connectivity index (χ2n) is 6.33. The lowest BCUT2D eigenvalue weighted by Gasteiger charge is -2.54. The Labute approximate surface area is 155 Å². The third kappa shape index (κ3) is 2.52. The summed E-state index contributed by atoms with van der Waals surface area (Å²) in [6.45, 7) is 0.934. The van der Waals surface area contributed by atoms with Crippen LogP contribution in [0.2, 0.25) is 0 Å². The molecule has 2 aromatic rings. The minimum atomic E-state index is -1.45. The van der Waals surface area contributed by atoms with Crippen molar-refractivity contribution in [2.75, 3.05) is 25.0 Å². The smallest absolute Gasteiger partial charge is 0.420 e. The molecule has 0 radical (unpaired) electrons. The molecule has 2 aliphatic heterocycles. The van der Waals surface area contributed by atoms with E-state index < -0.39 is 23.9 Å². The van der Waals surface area contributed by atoms with E-state index in [4.69, 9.17) is 9.47 Å². The molecule has 1 aromatic heterocycles. The number of likely N-dealkylation sites (N-methyl/N-ethyl adjacent to an activating group) is 1. The quantitative estimate of drug-likeness (QED) is 0.575. The van der Waals surface area contributed by atoms with Crippen LogP contribution < -0.4 is 4.90 Å². The van der Waals surface area contributed by atoms with Crippen LogP contribution in [0.1, 0.15) is 11.1 Å². The highest BCUT2D eigenvalue weighted by molar-refractivity contribution is 6.30. The van der Waals surface area contributed by atoms with Crippen molar-refractivity contribution in [1.82, 2.24) is 9.88 Å². The normalized spacial score (nSPS) is 25.2. The van der Waals surface area contributed by atoms with Gasteiger partial charge in [0.05, 0.1) is 5.56 Å². The van der Waals surface area contributed by atoms with Gasteiger partial charge >= 0.3 is 11.9 Å². The number of anilines is 1. The molecule has 1 unspecified atom stereocenters. The van der Waals surface area contributed by atoms with Crippen LogP contribution in [-0.4, -0.2) is 48.2 Å². The lowest BCUT2D eigenvalue weighted by atomic mass is 9.94. The molecule has 2 atom stereocenters. The Kier molecular flexibility index (Phi) is 4.01. The van der Waals surface area contributed by atoms with E-state index in [0.717, 1.165) is 0 Å². The zero-order valence-corrected chi connectivity index (χ0v) is 14.5. The lowest BCUT2D eigenvalue weighted by Crippen LogP contribution is -2.71. The summed E-state index contributed by atoms with van der Waals surface area (Å²) >= 11 is 0. The molecule has 0 spiro atoms. The Bertz CT molecular complexity index is 942. The Morgan fingerprint density at radius 3 is 2.67 bits per heavy atom. The molecule has 3 heterocycles. The van der Waals surface area contributed by atoms with Gasteiger partial charge in [-0.3, -0.25) is 4.90 Å². The van der Waals surface area contributed by atoms with Crippen LogP contribution in [0.5, 0.6) is 0 Å². The molecule has 8 nitrogen and oxygen atoms in total. The molecule has 4 rings (SSSR count). The average molecular weight is 364 g/mol. The molecule has 0 bridgehead atoms. The standard InChI is InChI=1S/C19H16N4O4/c1-22-10-11-23(15-13(12-20)6-5-9-21-15)19(14-7-3-2-4-8-14)18(22)26-16(24)17(25)27-19/h2-9,18H,10-11H2,1H3/t18?,19-/m0/s1. The topological polar surface area (TPSA) is 95.8 Å². The highest BCUT2D eigenvalue weighted by Crippen LogP contribution is 2.44. The van der Waals surface area contributed by atoms with Gasteiger partial charge in [-0.2, -0.15) is 5.26 Å². The van der Waals surface area contributed by atoms with Crippen LogP contribution in [0.4, 0.5) is 5.82 Å². The van der Waals surface area contributed by atoms with Gasteiger partial charge in [0.1, 0.15) is 11.9 Å². The van der Waals surface area contributed by atoms with Gasteiger partial charge in [-0.05, 0) is 19.2 Å². The average Bonchev–Trinajstić information content (AvgIpc) is 2.70. The van der Waals surface area contributed by atoms with Gasteiger partial charge in [-0.15, -0.1) is 0 Å². The van der Waals surface area contributed by atoms with E-state index in [2.05, 4.69) is 11.1 Å². The van der Waals surface area contributed by atoms with Crippen LogP contribution in [0.15, 0.2) is 48.7 Å². The first-order valence-electron chi connectivity index (χ1n) is 8.40. The van der Waals surface area contributed by atoms with Gasteiger partial charge in [-0.25, -0.2) is 14.6 Å². The Hall–Kier alpha value is -3.44. The van der Waals surface area contributed by atoms with E-state index in [-0.39, 0.29) is 0 Å². The maximum absolute atomic E-state index is 12.2. The molecule has 2 saturated heterocycles. The third-order valence-corrected chi connectivity index (χ3v) is 4.80. The molecule has 0 saturated carbocycles. The van der Waals surface area contributed by atoms with E-state index in [0.29, 0.717) is 30.0 Å². The number of nitriles is 1. The monoisotopic (exact) mass is 364 g/mol. The summed E-state index contributed by atoms with van der Waals surface area (Å²) in [5.41, 5.74) is -0.486. The number of rotatable bonds is 2. The van der Waals surface area contributed by atoms with Crippen molar-refractivity contribution in [1.29, 1.82) is 5.26 Å². The fourth-order valence-electron chi connectivity index (χ4n) is 3.58. The van der Waals surface area contributed by atoms with E-state index in [1.54, 1.807) is 42.4 Å². The van der Waals surface area contributed by atoms with E-state index in [1.807, 2.05) is 23.1 Å². The van der Waals surface area contributed by atoms with E-state index in [1.165, 1.54) is 0 Å². The van der Waals surface area contributed by atoms with Crippen LogP contribution in [0, 0.1) is 11.3 Å². The summed E-state index contributed by atoms with van der Waals surface area (Å²) in [6.07, 6.45) is 0.686. The fraction of sp³-hybridized carbons (Fsp3) is 0.263.